The maximum atomic E-state index is 14.4. The summed E-state index contributed by atoms with van der Waals surface area (Å²) in [6, 6.07) is 12.9. The van der Waals surface area contributed by atoms with Gasteiger partial charge in [0.1, 0.15) is 17.7 Å². The summed E-state index contributed by atoms with van der Waals surface area (Å²) in [5.41, 5.74) is 7.81. The van der Waals surface area contributed by atoms with Crippen molar-refractivity contribution in [3.8, 4) is 0 Å². The number of ether oxygens (including phenoxy) is 1. The van der Waals surface area contributed by atoms with Crippen molar-refractivity contribution in [3.63, 3.8) is 0 Å². The van der Waals surface area contributed by atoms with Crippen LogP contribution in [0, 0.1) is 0 Å². The minimum atomic E-state index is -4.52. The molecule has 10 heteroatoms. The first-order valence-corrected chi connectivity index (χ1v) is 17.2. The average molecular weight is 693 g/mol. The second kappa shape index (κ2) is 18.5. The van der Waals surface area contributed by atoms with Crippen LogP contribution in [0.5, 0.6) is 0 Å². The summed E-state index contributed by atoms with van der Waals surface area (Å²) >= 11 is 0. The first kappa shape index (κ1) is 38.4. The molecule has 0 radical (unpaired) electrons. The van der Waals surface area contributed by atoms with Crippen molar-refractivity contribution in [1.82, 2.24) is 15.1 Å². The summed E-state index contributed by atoms with van der Waals surface area (Å²) in [6.07, 6.45) is 7.43. The van der Waals surface area contributed by atoms with Crippen molar-refractivity contribution < 1.29 is 27.1 Å². The number of likely N-dealkylation sites (tertiary alicyclic amines) is 1. The fourth-order valence-electron chi connectivity index (χ4n) is 6.25. The normalized spacial score (nSPS) is 18.8. The lowest BCUT2D eigenvalue weighted by molar-refractivity contribution is -0.126. The number of rotatable bonds is 13. The highest BCUT2D eigenvalue weighted by molar-refractivity contribution is 6.00. The summed E-state index contributed by atoms with van der Waals surface area (Å²) in [5, 5.41) is 3.25. The van der Waals surface area contributed by atoms with Crippen LogP contribution < -0.4 is 11.1 Å². The van der Waals surface area contributed by atoms with E-state index in [1.54, 1.807) is 67.6 Å². The van der Waals surface area contributed by atoms with E-state index in [-0.39, 0.29) is 28.8 Å². The predicted octanol–water partition coefficient (Wildman–Crippen LogP) is 8.34. The zero-order chi connectivity index (χ0) is 36.1. The molecule has 0 bridgehead atoms. The number of allylic oxidation sites excluding steroid dienone is 7. The second-order valence-electron chi connectivity index (χ2n) is 12.4. The van der Waals surface area contributed by atoms with E-state index in [0.29, 0.717) is 60.6 Å². The SMILES string of the molecule is C=C(F)c1cc(C(=C(CC(F)(F)F)c2ccccc2)C(/C=C\C(=C\CC)OC2CCCN(C/C=C/C(=O)N3CCNCC3)C2)=C/C)ccc1N. The van der Waals surface area contributed by atoms with Gasteiger partial charge in [0.2, 0.25) is 5.91 Å². The Labute approximate surface area is 293 Å². The third-order valence-electron chi connectivity index (χ3n) is 8.69. The zero-order valence-electron chi connectivity index (χ0n) is 28.9. The number of halogens is 4. The largest absolute Gasteiger partial charge is 0.489 e. The number of carbonyl (C=O) groups is 1. The standard InChI is InChI=1S/C40H48F4N4O2/c1-4-11-33(50-34-14-9-22-47(28-34)23-10-15-38(49)48-24-20-46-21-25-48)18-16-30(5-2)39(32-17-19-37(45)35(26-32)29(3)41)36(27-40(42,43)44)31-12-7-6-8-13-31/h5-8,10-13,15-19,26,34,46H,3-4,9,14,20-25,27-28,45H2,1-2H3/b15-10+,18-16-,30-5+,33-11-,39-36?. The predicted molar refractivity (Wildman–Crippen MR) is 195 cm³/mol. The average Bonchev–Trinajstić information content (AvgIpc) is 3.10. The highest BCUT2D eigenvalue weighted by Crippen LogP contribution is 2.41. The van der Waals surface area contributed by atoms with Crippen molar-refractivity contribution in [1.29, 1.82) is 0 Å². The minimum absolute atomic E-state index is 0.0262. The summed E-state index contributed by atoms with van der Waals surface area (Å²) < 4.78 is 63.5. The summed E-state index contributed by atoms with van der Waals surface area (Å²) in [4.78, 5) is 16.6. The van der Waals surface area contributed by atoms with Crippen LogP contribution in [0.2, 0.25) is 0 Å². The van der Waals surface area contributed by atoms with Crippen molar-refractivity contribution in [3.05, 3.63) is 120 Å². The lowest BCUT2D eigenvalue weighted by atomic mass is 9.86. The molecule has 2 aliphatic heterocycles. The maximum Gasteiger partial charge on any atom is 0.393 e. The van der Waals surface area contributed by atoms with Crippen LogP contribution in [0.15, 0.2) is 103 Å². The molecule has 2 fully saturated rings. The zero-order valence-corrected chi connectivity index (χ0v) is 28.9. The number of anilines is 1. The van der Waals surface area contributed by atoms with Gasteiger partial charge >= 0.3 is 6.18 Å². The van der Waals surface area contributed by atoms with Crippen molar-refractivity contribution >= 4 is 28.6 Å². The molecule has 50 heavy (non-hydrogen) atoms. The molecule has 2 aromatic carbocycles. The smallest absolute Gasteiger partial charge is 0.393 e. The molecule has 1 unspecified atom stereocenters. The number of nitrogen functional groups attached to an aromatic ring is 1. The lowest BCUT2D eigenvalue weighted by Gasteiger charge is -2.32. The van der Waals surface area contributed by atoms with E-state index in [9.17, 15) is 22.4 Å². The van der Waals surface area contributed by atoms with Gasteiger partial charge in [-0.3, -0.25) is 9.69 Å². The number of hydrogen-bond acceptors (Lipinski definition) is 5. The van der Waals surface area contributed by atoms with Crippen LogP contribution >= 0.6 is 0 Å². The van der Waals surface area contributed by atoms with Crippen LogP contribution in [-0.2, 0) is 9.53 Å². The Hall–Kier alpha value is -4.41. The van der Waals surface area contributed by atoms with Gasteiger partial charge in [0.05, 0.1) is 6.42 Å². The van der Waals surface area contributed by atoms with Gasteiger partial charge < -0.3 is 20.7 Å². The maximum absolute atomic E-state index is 14.4. The van der Waals surface area contributed by atoms with E-state index < -0.39 is 18.4 Å². The molecule has 2 aromatic rings. The van der Waals surface area contributed by atoms with E-state index >= 15 is 0 Å². The number of piperidine rings is 1. The molecular weight excluding hydrogens is 644 g/mol. The summed E-state index contributed by atoms with van der Waals surface area (Å²) in [5.74, 6) is -0.143. The van der Waals surface area contributed by atoms with Crippen LogP contribution in [0.4, 0.5) is 23.2 Å². The number of hydrogen-bond donors (Lipinski definition) is 2. The molecule has 3 N–H and O–H groups in total. The molecule has 1 atom stereocenters. The minimum Gasteiger partial charge on any atom is -0.489 e. The van der Waals surface area contributed by atoms with E-state index in [1.807, 2.05) is 24.0 Å². The molecular formula is C40H48F4N4O2. The topological polar surface area (TPSA) is 70.8 Å². The molecule has 2 saturated heterocycles. The Morgan fingerprint density at radius 2 is 1.80 bits per heavy atom. The summed E-state index contributed by atoms with van der Waals surface area (Å²) in [7, 11) is 0. The van der Waals surface area contributed by atoms with Gasteiger partial charge in [-0.25, -0.2) is 4.39 Å². The second-order valence-corrected chi connectivity index (χ2v) is 12.4. The number of amides is 1. The van der Waals surface area contributed by atoms with E-state index in [2.05, 4.69) is 16.8 Å². The Bertz CT molecular complexity index is 1620. The van der Waals surface area contributed by atoms with E-state index in [4.69, 9.17) is 10.5 Å². The molecule has 268 valence electrons. The first-order valence-electron chi connectivity index (χ1n) is 17.2. The molecule has 0 spiro atoms. The Morgan fingerprint density at radius 3 is 2.46 bits per heavy atom. The number of benzene rings is 2. The third-order valence-corrected chi connectivity index (χ3v) is 8.69. The fourth-order valence-corrected chi connectivity index (χ4v) is 6.25. The Balaban J connectivity index is 1.61. The van der Waals surface area contributed by atoms with Gasteiger partial charge in [-0.05, 0) is 84.9 Å². The quantitative estimate of drug-likeness (QED) is 0.0552. The molecule has 4 rings (SSSR count). The number of nitrogens with one attached hydrogen (secondary N) is 1. The highest BCUT2D eigenvalue weighted by atomic mass is 19.4. The number of alkyl halides is 3. The third kappa shape index (κ3) is 11.3. The van der Waals surface area contributed by atoms with E-state index in [1.165, 1.54) is 12.1 Å². The lowest BCUT2D eigenvalue weighted by Crippen LogP contribution is -2.45. The first-order chi connectivity index (χ1) is 24.0. The van der Waals surface area contributed by atoms with Gasteiger partial charge in [0.25, 0.3) is 0 Å². The molecule has 2 aliphatic rings. The molecule has 2 heterocycles. The monoisotopic (exact) mass is 692 g/mol. The Kier molecular flexibility index (Phi) is 14.2. The van der Waals surface area contributed by atoms with Gasteiger partial charge in [0.15, 0.2) is 0 Å². The highest BCUT2D eigenvalue weighted by Gasteiger charge is 2.32. The van der Waals surface area contributed by atoms with Crippen molar-refractivity contribution in [2.75, 3.05) is 51.5 Å². The van der Waals surface area contributed by atoms with Gasteiger partial charge in [-0.1, -0.05) is 68.1 Å². The van der Waals surface area contributed by atoms with Crippen LogP contribution in [-0.4, -0.2) is 73.8 Å². The Morgan fingerprint density at radius 1 is 1.06 bits per heavy atom. The van der Waals surface area contributed by atoms with Crippen LogP contribution in [0.25, 0.3) is 17.0 Å². The number of carbonyl (C=O) groups excluding carboxylic acids is 1. The van der Waals surface area contributed by atoms with Gasteiger partial charge in [-0.15, -0.1) is 0 Å². The van der Waals surface area contributed by atoms with Crippen molar-refractivity contribution in [2.45, 2.75) is 51.8 Å². The fraction of sp³-hybridized carbons (Fsp3) is 0.375. The van der Waals surface area contributed by atoms with Gasteiger partial charge in [0, 0.05) is 56.6 Å². The number of nitrogens with zero attached hydrogens (tertiary/aromatic N) is 2. The number of nitrogens with two attached hydrogens (primary N) is 1. The number of piperazine rings is 1. The van der Waals surface area contributed by atoms with Crippen LogP contribution in [0.1, 0.15) is 56.2 Å². The molecule has 0 saturated carbocycles. The van der Waals surface area contributed by atoms with Crippen LogP contribution in [0.3, 0.4) is 0 Å². The molecule has 1 amide bonds. The molecule has 6 nitrogen and oxygen atoms in total. The molecule has 0 aromatic heterocycles. The molecule has 0 aliphatic carbocycles. The van der Waals surface area contributed by atoms with E-state index in [0.717, 1.165) is 32.5 Å². The van der Waals surface area contributed by atoms with Crippen molar-refractivity contribution in [2.24, 2.45) is 0 Å². The van der Waals surface area contributed by atoms with Gasteiger partial charge in [-0.2, -0.15) is 13.2 Å². The summed E-state index contributed by atoms with van der Waals surface area (Å²) in [6.45, 7) is 12.3.